The number of rotatable bonds is 2. The molecule has 1 heterocycles. The van der Waals surface area contributed by atoms with Gasteiger partial charge in [-0.2, -0.15) is 0 Å². The van der Waals surface area contributed by atoms with Crippen LogP contribution in [0.25, 0.3) is 0 Å². The van der Waals surface area contributed by atoms with Crippen molar-refractivity contribution in [1.29, 1.82) is 0 Å². The fourth-order valence-corrected chi connectivity index (χ4v) is 2.95. The molecule has 2 aliphatic rings. The number of nitrogens with two attached hydrogens (primary N) is 1. The Balaban J connectivity index is 1.89. The van der Waals surface area contributed by atoms with Crippen LogP contribution in [0.2, 0.25) is 0 Å². The van der Waals surface area contributed by atoms with Crippen molar-refractivity contribution in [2.24, 2.45) is 11.7 Å². The molecule has 3 unspecified atom stereocenters. The second kappa shape index (κ2) is 5.26. The van der Waals surface area contributed by atoms with Crippen molar-refractivity contribution in [3.05, 3.63) is 0 Å². The first-order valence-corrected chi connectivity index (χ1v) is 6.85. The van der Waals surface area contributed by atoms with Gasteiger partial charge in [0.15, 0.2) is 0 Å². The predicted octanol–water partition coefficient (Wildman–Crippen LogP) is 0.289. The maximum Gasteiger partial charge on any atom is 0.225 e. The van der Waals surface area contributed by atoms with E-state index in [-0.39, 0.29) is 29.3 Å². The van der Waals surface area contributed by atoms with E-state index in [1.54, 1.807) is 0 Å². The van der Waals surface area contributed by atoms with Gasteiger partial charge < -0.3 is 16.4 Å². The van der Waals surface area contributed by atoms with E-state index in [1.165, 1.54) is 0 Å². The first-order chi connectivity index (χ1) is 8.49. The van der Waals surface area contributed by atoms with E-state index in [4.69, 9.17) is 5.73 Å². The predicted molar refractivity (Wildman–Crippen MR) is 68.7 cm³/mol. The van der Waals surface area contributed by atoms with Crippen LogP contribution in [0, 0.1) is 5.92 Å². The molecule has 5 heteroatoms. The number of carbonyl (C=O) groups excluding carboxylic acids is 2. The summed E-state index contributed by atoms with van der Waals surface area (Å²) < 4.78 is 0. The maximum absolute atomic E-state index is 12.3. The molecule has 0 bridgehead atoms. The largest absolute Gasteiger partial charge is 0.354 e. The lowest BCUT2D eigenvalue weighted by Gasteiger charge is -2.38. The summed E-state index contributed by atoms with van der Waals surface area (Å²) in [5.41, 5.74) is 5.83. The normalized spacial score (nSPS) is 36.9. The highest BCUT2D eigenvalue weighted by atomic mass is 16.2. The zero-order valence-electron chi connectivity index (χ0n) is 11.0. The molecule has 2 rings (SSSR count). The molecule has 18 heavy (non-hydrogen) atoms. The van der Waals surface area contributed by atoms with Gasteiger partial charge >= 0.3 is 0 Å². The Morgan fingerprint density at radius 1 is 1.44 bits per heavy atom. The molecule has 0 spiro atoms. The monoisotopic (exact) mass is 253 g/mol. The summed E-state index contributed by atoms with van der Waals surface area (Å²) in [7, 11) is 0. The van der Waals surface area contributed by atoms with Gasteiger partial charge in [-0.05, 0) is 26.2 Å². The van der Waals surface area contributed by atoms with Crippen molar-refractivity contribution < 1.29 is 9.59 Å². The minimum Gasteiger partial charge on any atom is -0.354 e. The molecule has 0 aromatic carbocycles. The van der Waals surface area contributed by atoms with Gasteiger partial charge in [-0.3, -0.25) is 9.59 Å². The Kier molecular flexibility index (Phi) is 3.90. The number of hydrogen-bond acceptors (Lipinski definition) is 3. The Labute approximate surface area is 108 Å². The minimum absolute atomic E-state index is 0.0563. The lowest BCUT2D eigenvalue weighted by atomic mass is 9.74. The number of carbonyl (C=O) groups is 2. The first kappa shape index (κ1) is 13.3. The van der Waals surface area contributed by atoms with E-state index in [9.17, 15) is 9.59 Å². The van der Waals surface area contributed by atoms with Crippen LogP contribution < -0.4 is 16.4 Å². The fraction of sp³-hybridized carbons (Fsp3) is 0.846. The van der Waals surface area contributed by atoms with Crippen molar-refractivity contribution in [3.63, 3.8) is 0 Å². The van der Waals surface area contributed by atoms with Gasteiger partial charge in [-0.1, -0.05) is 12.8 Å². The van der Waals surface area contributed by atoms with Crippen molar-refractivity contribution in [2.45, 2.75) is 57.0 Å². The molecule has 1 aliphatic carbocycles. The molecular weight excluding hydrogens is 230 g/mol. The van der Waals surface area contributed by atoms with Gasteiger partial charge in [-0.15, -0.1) is 0 Å². The highest BCUT2D eigenvalue weighted by Gasteiger charge is 2.38. The number of hydrogen-bond donors (Lipinski definition) is 3. The molecule has 102 valence electrons. The van der Waals surface area contributed by atoms with E-state index < -0.39 is 0 Å². The molecular formula is C13H23N3O2. The third-order valence-corrected chi connectivity index (χ3v) is 4.18. The van der Waals surface area contributed by atoms with Crippen LogP contribution in [0.1, 0.15) is 45.4 Å². The van der Waals surface area contributed by atoms with E-state index in [1.807, 2.05) is 6.92 Å². The number of piperidine rings is 1. The Morgan fingerprint density at radius 2 is 2.22 bits per heavy atom. The SMILES string of the molecule is CC1(N)CCCCC1C(=O)NC1CCC(=O)NC1. The molecule has 1 saturated carbocycles. The summed E-state index contributed by atoms with van der Waals surface area (Å²) in [6.07, 6.45) is 5.19. The summed E-state index contributed by atoms with van der Waals surface area (Å²) >= 11 is 0. The number of amides is 2. The van der Waals surface area contributed by atoms with E-state index in [0.29, 0.717) is 13.0 Å². The van der Waals surface area contributed by atoms with Crippen LogP contribution in [-0.2, 0) is 9.59 Å². The topological polar surface area (TPSA) is 84.2 Å². The Morgan fingerprint density at radius 3 is 2.83 bits per heavy atom. The number of nitrogens with one attached hydrogen (secondary N) is 2. The molecule has 2 amide bonds. The van der Waals surface area contributed by atoms with Gasteiger partial charge in [0.25, 0.3) is 0 Å². The zero-order chi connectivity index (χ0) is 13.2. The smallest absolute Gasteiger partial charge is 0.225 e. The van der Waals surface area contributed by atoms with Gasteiger partial charge in [0.05, 0.1) is 5.92 Å². The summed E-state index contributed by atoms with van der Waals surface area (Å²) in [6.45, 7) is 2.51. The van der Waals surface area contributed by atoms with Gasteiger partial charge in [0.2, 0.25) is 11.8 Å². The van der Waals surface area contributed by atoms with Crippen molar-refractivity contribution in [2.75, 3.05) is 6.54 Å². The van der Waals surface area contributed by atoms with Crippen molar-refractivity contribution in [3.8, 4) is 0 Å². The highest BCUT2D eigenvalue weighted by molar-refractivity contribution is 5.81. The fourth-order valence-electron chi connectivity index (χ4n) is 2.95. The molecule has 1 saturated heterocycles. The highest BCUT2D eigenvalue weighted by Crippen LogP contribution is 2.31. The van der Waals surface area contributed by atoms with E-state index in [2.05, 4.69) is 10.6 Å². The van der Waals surface area contributed by atoms with Crippen LogP contribution in [0.5, 0.6) is 0 Å². The summed E-state index contributed by atoms with van der Waals surface area (Å²) in [5.74, 6) is 0.0338. The molecule has 0 radical (unpaired) electrons. The third kappa shape index (κ3) is 3.02. The molecule has 3 atom stereocenters. The summed E-state index contributed by atoms with van der Waals surface area (Å²) in [6, 6.07) is 0.0629. The average Bonchev–Trinajstić information content (AvgIpc) is 2.31. The Hall–Kier alpha value is -1.10. The van der Waals surface area contributed by atoms with E-state index in [0.717, 1.165) is 32.1 Å². The lowest BCUT2D eigenvalue weighted by molar-refractivity contribution is -0.130. The molecule has 0 aromatic heterocycles. The van der Waals surface area contributed by atoms with Crippen LogP contribution in [0.15, 0.2) is 0 Å². The first-order valence-electron chi connectivity index (χ1n) is 6.85. The standard InChI is InChI=1S/C13H23N3O2/c1-13(14)7-3-2-4-10(13)12(18)16-9-5-6-11(17)15-8-9/h9-10H,2-8,14H2,1H3,(H,15,17)(H,16,18). The third-order valence-electron chi connectivity index (χ3n) is 4.18. The minimum atomic E-state index is -0.389. The molecule has 1 aliphatic heterocycles. The molecule has 4 N–H and O–H groups in total. The van der Waals surface area contributed by atoms with Crippen LogP contribution in [0.4, 0.5) is 0 Å². The average molecular weight is 253 g/mol. The second-order valence-corrected chi connectivity index (χ2v) is 5.85. The molecule has 2 fully saturated rings. The van der Waals surface area contributed by atoms with Gasteiger partial charge in [0, 0.05) is 24.5 Å². The zero-order valence-corrected chi connectivity index (χ0v) is 11.0. The lowest BCUT2D eigenvalue weighted by Crippen LogP contribution is -2.56. The van der Waals surface area contributed by atoms with Gasteiger partial charge in [-0.25, -0.2) is 0 Å². The summed E-state index contributed by atoms with van der Waals surface area (Å²) in [5, 5.41) is 5.81. The summed E-state index contributed by atoms with van der Waals surface area (Å²) in [4.78, 5) is 23.3. The molecule has 0 aromatic rings. The van der Waals surface area contributed by atoms with Crippen LogP contribution in [0.3, 0.4) is 0 Å². The van der Waals surface area contributed by atoms with Crippen molar-refractivity contribution in [1.82, 2.24) is 10.6 Å². The van der Waals surface area contributed by atoms with Gasteiger partial charge in [0.1, 0.15) is 0 Å². The Bertz CT molecular complexity index is 331. The maximum atomic E-state index is 12.3. The molecule has 5 nitrogen and oxygen atoms in total. The van der Waals surface area contributed by atoms with Crippen LogP contribution >= 0.6 is 0 Å². The van der Waals surface area contributed by atoms with E-state index >= 15 is 0 Å². The second-order valence-electron chi connectivity index (χ2n) is 5.85. The van der Waals surface area contributed by atoms with Crippen LogP contribution in [-0.4, -0.2) is 29.9 Å². The quantitative estimate of drug-likeness (QED) is 0.661. The van der Waals surface area contributed by atoms with Crippen molar-refractivity contribution >= 4 is 11.8 Å².